The van der Waals surface area contributed by atoms with Crippen LogP contribution in [0, 0.1) is 0 Å². The fraction of sp³-hybridized carbons (Fsp3) is 0.929. The molecule has 0 aromatic carbocycles. The Morgan fingerprint density at radius 1 is 1.39 bits per heavy atom. The lowest BCUT2D eigenvalue weighted by molar-refractivity contribution is -0.155. The molecule has 18 heavy (non-hydrogen) atoms. The van der Waals surface area contributed by atoms with E-state index in [1.54, 1.807) is 0 Å². The lowest BCUT2D eigenvalue weighted by Gasteiger charge is -2.53. The van der Waals surface area contributed by atoms with Gasteiger partial charge in [0.2, 0.25) is 5.91 Å². The van der Waals surface area contributed by atoms with Gasteiger partial charge in [0, 0.05) is 17.6 Å². The Morgan fingerprint density at radius 3 is 2.39 bits per heavy atom. The number of piperazine rings is 1. The van der Waals surface area contributed by atoms with Gasteiger partial charge in [-0.3, -0.25) is 9.69 Å². The number of nitrogens with zero attached hydrogens (tertiary/aromatic N) is 2. The highest BCUT2D eigenvalue weighted by atomic mass is 16.2. The van der Waals surface area contributed by atoms with Crippen LogP contribution < -0.4 is 5.32 Å². The number of carbonyl (C=O) groups excluding carboxylic acids is 1. The van der Waals surface area contributed by atoms with Crippen molar-refractivity contribution in [1.29, 1.82) is 0 Å². The first-order chi connectivity index (χ1) is 8.11. The van der Waals surface area contributed by atoms with Gasteiger partial charge >= 0.3 is 0 Å². The normalized spacial score (nSPS) is 25.6. The van der Waals surface area contributed by atoms with E-state index in [0.717, 1.165) is 19.5 Å². The van der Waals surface area contributed by atoms with Gasteiger partial charge in [0.05, 0.1) is 6.04 Å². The summed E-state index contributed by atoms with van der Waals surface area (Å²) in [6.45, 7) is 12.4. The molecule has 0 aromatic heterocycles. The number of hydrogen-bond acceptors (Lipinski definition) is 3. The van der Waals surface area contributed by atoms with Crippen LogP contribution in [0.15, 0.2) is 0 Å². The molecule has 1 atom stereocenters. The molecule has 0 aromatic rings. The van der Waals surface area contributed by atoms with Crippen LogP contribution in [0.1, 0.15) is 41.0 Å². The van der Waals surface area contributed by atoms with Crippen LogP contribution in [0.25, 0.3) is 0 Å². The molecule has 1 unspecified atom stereocenters. The molecule has 0 spiro atoms. The molecular formula is C14H29N3O. The minimum Gasteiger partial charge on any atom is -0.335 e. The van der Waals surface area contributed by atoms with Gasteiger partial charge in [-0.2, -0.15) is 0 Å². The molecule has 106 valence electrons. The van der Waals surface area contributed by atoms with E-state index in [4.69, 9.17) is 0 Å². The molecule has 0 aliphatic carbocycles. The Balaban J connectivity index is 2.97. The van der Waals surface area contributed by atoms with E-state index in [1.165, 1.54) is 0 Å². The third-order valence-corrected chi connectivity index (χ3v) is 4.00. The summed E-state index contributed by atoms with van der Waals surface area (Å²) in [6, 6.07) is -0.0135. The predicted molar refractivity (Wildman–Crippen MR) is 75.6 cm³/mol. The Labute approximate surface area is 112 Å². The molecule has 1 amide bonds. The SMILES string of the molecule is CNCCC1C(=O)N(C(C)(C)C)CC(C)(C)N1C. The Kier molecular flexibility index (Phi) is 4.44. The van der Waals surface area contributed by atoms with Crippen molar-refractivity contribution >= 4 is 5.91 Å². The average Bonchev–Trinajstić information content (AvgIpc) is 2.22. The van der Waals surface area contributed by atoms with Gasteiger partial charge in [0.15, 0.2) is 0 Å². The largest absolute Gasteiger partial charge is 0.335 e. The minimum absolute atomic E-state index is 0.0135. The molecular weight excluding hydrogens is 226 g/mol. The van der Waals surface area contributed by atoms with E-state index in [9.17, 15) is 4.79 Å². The van der Waals surface area contributed by atoms with Crippen LogP contribution >= 0.6 is 0 Å². The highest BCUT2D eigenvalue weighted by Crippen LogP contribution is 2.30. The van der Waals surface area contributed by atoms with Crippen LogP contribution in [0.2, 0.25) is 0 Å². The molecule has 1 N–H and O–H groups in total. The van der Waals surface area contributed by atoms with E-state index in [-0.39, 0.29) is 23.0 Å². The first kappa shape index (κ1) is 15.4. The van der Waals surface area contributed by atoms with Gasteiger partial charge in [0.1, 0.15) is 0 Å². The summed E-state index contributed by atoms with van der Waals surface area (Å²) in [5, 5.41) is 3.14. The molecule has 0 saturated carbocycles. The topological polar surface area (TPSA) is 35.6 Å². The lowest BCUT2D eigenvalue weighted by Crippen LogP contribution is -2.68. The van der Waals surface area contributed by atoms with Gasteiger partial charge in [-0.1, -0.05) is 0 Å². The van der Waals surface area contributed by atoms with E-state index in [1.807, 2.05) is 11.9 Å². The second-order valence-corrected chi connectivity index (χ2v) is 6.93. The maximum atomic E-state index is 12.6. The van der Waals surface area contributed by atoms with Crippen molar-refractivity contribution in [2.75, 3.05) is 27.2 Å². The molecule has 1 saturated heterocycles. The maximum Gasteiger partial charge on any atom is 0.240 e. The second kappa shape index (κ2) is 5.17. The first-order valence-corrected chi connectivity index (χ1v) is 6.80. The monoisotopic (exact) mass is 255 g/mol. The van der Waals surface area contributed by atoms with Crippen LogP contribution in [0.5, 0.6) is 0 Å². The van der Waals surface area contributed by atoms with Crippen LogP contribution in [-0.2, 0) is 4.79 Å². The zero-order chi connectivity index (χ0) is 14.1. The van der Waals surface area contributed by atoms with Crippen molar-refractivity contribution in [3.63, 3.8) is 0 Å². The first-order valence-electron chi connectivity index (χ1n) is 6.80. The van der Waals surface area contributed by atoms with Gasteiger partial charge in [-0.25, -0.2) is 0 Å². The summed E-state index contributed by atoms with van der Waals surface area (Å²) in [7, 11) is 4.00. The standard InChI is InChI=1S/C14H29N3O/c1-13(2,3)17-10-14(4,5)16(7)11(12(17)18)8-9-15-6/h11,15H,8-10H2,1-7H3. The van der Waals surface area contributed by atoms with E-state index in [0.29, 0.717) is 0 Å². The van der Waals surface area contributed by atoms with E-state index in [2.05, 4.69) is 51.9 Å². The third-order valence-electron chi connectivity index (χ3n) is 4.00. The molecule has 0 bridgehead atoms. The number of carbonyl (C=O) groups is 1. The third kappa shape index (κ3) is 3.04. The molecule has 4 heteroatoms. The summed E-state index contributed by atoms with van der Waals surface area (Å²) in [5.41, 5.74) is -0.0763. The fourth-order valence-corrected chi connectivity index (χ4v) is 2.51. The molecule has 0 radical (unpaired) electrons. The highest BCUT2D eigenvalue weighted by Gasteiger charge is 2.45. The van der Waals surface area contributed by atoms with Gasteiger partial charge in [-0.05, 0) is 61.7 Å². The molecule has 1 rings (SSSR count). The number of amides is 1. The van der Waals surface area contributed by atoms with Crippen LogP contribution in [-0.4, -0.2) is 60.0 Å². The molecule has 1 heterocycles. The zero-order valence-corrected chi connectivity index (χ0v) is 13.0. The Bertz CT molecular complexity index is 307. The molecule has 1 aliphatic heterocycles. The zero-order valence-electron chi connectivity index (χ0n) is 13.0. The van der Waals surface area contributed by atoms with Crippen molar-refractivity contribution < 1.29 is 4.79 Å². The summed E-state index contributed by atoms with van der Waals surface area (Å²) < 4.78 is 0. The average molecular weight is 255 g/mol. The predicted octanol–water partition coefficient (Wildman–Crippen LogP) is 1.32. The van der Waals surface area contributed by atoms with Crippen molar-refractivity contribution in [2.45, 2.75) is 58.2 Å². The number of likely N-dealkylation sites (N-methyl/N-ethyl adjacent to an activating group) is 1. The maximum absolute atomic E-state index is 12.6. The Hall–Kier alpha value is -0.610. The lowest BCUT2D eigenvalue weighted by atomic mass is 9.90. The number of rotatable bonds is 3. The fourth-order valence-electron chi connectivity index (χ4n) is 2.51. The Morgan fingerprint density at radius 2 is 1.94 bits per heavy atom. The highest BCUT2D eigenvalue weighted by molar-refractivity contribution is 5.83. The quantitative estimate of drug-likeness (QED) is 0.826. The van der Waals surface area contributed by atoms with Gasteiger partial charge in [0.25, 0.3) is 0 Å². The van der Waals surface area contributed by atoms with Crippen molar-refractivity contribution in [1.82, 2.24) is 15.1 Å². The van der Waals surface area contributed by atoms with Crippen LogP contribution in [0.4, 0.5) is 0 Å². The minimum atomic E-state index is -0.104. The summed E-state index contributed by atoms with van der Waals surface area (Å²) in [6.07, 6.45) is 0.863. The molecule has 1 fully saturated rings. The summed E-state index contributed by atoms with van der Waals surface area (Å²) in [4.78, 5) is 16.9. The van der Waals surface area contributed by atoms with Gasteiger partial charge in [-0.15, -0.1) is 0 Å². The molecule has 4 nitrogen and oxygen atoms in total. The van der Waals surface area contributed by atoms with E-state index < -0.39 is 0 Å². The second-order valence-electron chi connectivity index (χ2n) is 6.93. The van der Waals surface area contributed by atoms with Crippen molar-refractivity contribution in [3.05, 3.63) is 0 Å². The summed E-state index contributed by atoms with van der Waals surface area (Å²) in [5.74, 6) is 0.263. The van der Waals surface area contributed by atoms with E-state index >= 15 is 0 Å². The number of nitrogens with one attached hydrogen (secondary N) is 1. The van der Waals surface area contributed by atoms with Crippen molar-refractivity contribution in [2.24, 2.45) is 0 Å². The van der Waals surface area contributed by atoms with Crippen LogP contribution in [0.3, 0.4) is 0 Å². The number of hydrogen-bond donors (Lipinski definition) is 1. The molecule has 1 aliphatic rings. The van der Waals surface area contributed by atoms with Gasteiger partial charge < -0.3 is 10.2 Å². The smallest absolute Gasteiger partial charge is 0.240 e. The van der Waals surface area contributed by atoms with Crippen molar-refractivity contribution in [3.8, 4) is 0 Å². The summed E-state index contributed by atoms with van der Waals surface area (Å²) >= 11 is 0.